The molecule has 2 aromatic rings. The lowest BCUT2D eigenvalue weighted by Crippen LogP contribution is -2.32. The fourth-order valence-electron chi connectivity index (χ4n) is 3.13. The monoisotopic (exact) mass is 368 g/mol. The maximum absolute atomic E-state index is 13.4. The summed E-state index contributed by atoms with van der Waals surface area (Å²) in [7, 11) is 0. The van der Waals surface area contributed by atoms with Crippen LogP contribution >= 0.6 is 0 Å². The number of carbonyl (C=O) groups excluding carboxylic acids is 2. The Labute approximate surface area is 157 Å². The van der Waals surface area contributed by atoms with Crippen molar-refractivity contribution in [1.29, 1.82) is 0 Å². The van der Waals surface area contributed by atoms with Gasteiger partial charge in [0.25, 0.3) is 5.91 Å². The first kappa shape index (κ1) is 18.8. The van der Waals surface area contributed by atoms with Crippen LogP contribution in [0.2, 0.25) is 0 Å². The van der Waals surface area contributed by atoms with Gasteiger partial charge in [-0.25, -0.2) is 4.39 Å². The average molecular weight is 368 g/mol. The summed E-state index contributed by atoms with van der Waals surface area (Å²) in [5.74, 6) is -1.91. The highest BCUT2D eigenvalue weighted by molar-refractivity contribution is 6.10. The number of benzene rings is 1. The number of Topliss-reactive ketones (excluding diaryl/α,β-unsaturated/α-hetero) is 1. The van der Waals surface area contributed by atoms with Crippen molar-refractivity contribution in [2.45, 2.75) is 33.4 Å². The Kier molecular flexibility index (Phi) is 4.83. The Morgan fingerprint density at radius 1 is 1.22 bits per heavy atom. The molecule has 1 aliphatic heterocycles. The van der Waals surface area contributed by atoms with Gasteiger partial charge in [-0.1, -0.05) is 39.0 Å². The molecule has 1 N–H and O–H groups in total. The van der Waals surface area contributed by atoms with Crippen LogP contribution in [0.3, 0.4) is 0 Å². The summed E-state index contributed by atoms with van der Waals surface area (Å²) in [5, 5.41) is 10.5. The molecule has 1 aliphatic rings. The van der Waals surface area contributed by atoms with Gasteiger partial charge in [0.15, 0.2) is 11.5 Å². The molecule has 1 aromatic heterocycles. The van der Waals surface area contributed by atoms with Crippen molar-refractivity contribution >= 4 is 11.7 Å². The summed E-state index contributed by atoms with van der Waals surface area (Å²) >= 11 is 0. The number of amides is 1. The van der Waals surface area contributed by atoms with Crippen LogP contribution in [0.15, 0.2) is 60.1 Å². The topological polar surface area (TPSA) is 70.5 Å². The number of halogens is 1. The van der Waals surface area contributed by atoms with E-state index >= 15 is 0 Å². The second-order valence-corrected chi connectivity index (χ2v) is 7.59. The summed E-state index contributed by atoms with van der Waals surface area (Å²) < 4.78 is 13.4. The molecule has 0 fully saturated rings. The van der Waals surface area contributed by atoms with Crippen molar-refractivity contribution in [1.82, 2.24) is 9.88 Å². The Bertz CT molecular complexity index is 899. The van der Waals surface area contributed by atoms with Crippen molar-refractivity contribution in [2.75, 3.05) is 0 Å². The Balaban J connectivity index is 2.09. The molecule has 0 radical (unpaired) electrons. The van der Waals surface area contributed by atoms with Gasteiger partial charge >= 0.3 is 0 Å². The number of carbonyl (C=O) groups is 2. The predicted molar refractivity (Wildman–Crippen MR) is 98.0 cm³/mol. The second-order valence-electron chi connectivity index (χ2n) is 7.59. The van der Waals surface area contributed by atoms with E-state index in [0.717, 1.165) is 5.56 Å². The summed E-state index contributed by atoms with van der Waals surface area (Å²) in [6.07, 6.45) is 3.24. The van der Waals surface area contributed by atoms with Crippen LogP contribution in [0, 0.1) is 11.2 Å². The number of hydrogen-bond donors (Lipinski definition) is 1. The van der Waals surface area contributed by atoms with Gasteiger partial charge in [0.2, 0.25) is 0 Å². The van der Waals surface area contributed by atoms with Gasteiger partial charge in [-0.05, 0) is 29.3 Å². The SMILES string of the molecule is CC(C)(C)C(=O)C1=C(O)C(=O)N(Cc2cccnc2)C1c1ccc(F)cc1. The smallest absolute Gasteiger partial charge is 0.290 e. The maximum Gasteiger partial charge on any atom is 0.290 e. The minimum Gasteiger partial charge on any atom is -0.503 e. The highest BCUT2D eigenvalue weighted by Crippen LogP contribution is 2.41. The van der Waals surface area contributed by atoms with Crippen molar-refractivity contribution in [3.63, 3.8) is 0 Å². The van der Waals surface area contributed by atoms with E-state index in [1.807, 2.05) is 6.07 Å². The molecule has 0 spiro atoms. The standard InChI is InChI=1S/C21H21FN2O3/c1-21(2,3)19(26)16-17(14-6-8-15(22)9-7-14)24(20(27)18(16)25)12-13-5-4-10-23-11-13/h4-11,17,25H,12H2,1-3H3. The van der Waals surface area contributed by atoms with Crippen LogP contribution in [-0.2, 0) is 16.1 Å². The Morgan fingerprint density at radius 2 is 1.89 bits per heavy atom. The Morgan fingerprint density at radius 3 is 2.44 bits per heavy atom. The number of pyridine rings is 1. The average Bonchev–Trinajstić information content (AvgIpc) is 2.87. The van der Waals surface area contributed by atoms with Gasteiger partial charge in [-0.2, -0.15) is 0 Å². The number of hydrogen-bond acceptors (Lipinski definition) is 4. The first-order chi connectivity index (χ1) is 12.7. The third-order valence-corrected chi connectivity index (χ3v) is 4.49. The normalized spacial score (nSPS) is 17.6. The molecule has 0 bridgehead atoms. The van der Waals surface area contributed by atoms with Crippen molar-refractivity contribution in [3.05, 3.63) is 77.1 Å². The Hall–Kier alpha value is -3.02. The molecule has 1 aromatic carbocycles. The summed E-state index contributed by atoms with van der Waals surface area (Å²) in [6, 6.07) is 8.37. The van der Waals surface area contributed by atoms with Gasteiger partial charge in [0.05, 0.1) is 11.6 Å². The number of aliphatic hydroxyl groups excluding tert-OH is 1. The molecule has 1 atom stereocenters. The molecular formula is C21H21FN2O3. The molecule has 2 heterocycles. The van der Waals surface area contributed by atoms with E-state index in [1.165, 1.54) is 29.2 Å². The molecule has 0 saturated carbocycles. The number of rotatable bonds is 4. The minimum absolute atomic E-state index is 0.0444. The lowest BCUT2D eigenvalue weighted by molar-refractivity contribution is -0.130. The van der Waals surface area contributed by atoms with E-state index in [4.69, 9.17) is 0 Å². The number of aromatic nitrogens is 1. The zero-order chi connectivity index (χ0) is 19.8. The van der Waals surface area contributed by atoms with Crippen LogP contribution in [0.4, 0.5) is 4.39 Å². The lowest BCUT2D eigenvalue weighted by Gasteiger charge is -2.29. The van der Waals surface area contributed by atoms with E-state index < -0.39 is 28.9 Å². The molecule has 1 amide bonds. The number of nitrogens with zero attached hydrogens (tertiary/aromatic N) is 2. The molecule has 27 heavy (non-hydrogen) atoms. The highest BCUT2D eigenvalue weighted by atomic mass is 19.1. The van der Waals surface area contributed by atoms with Crippen LogP contribution in [0.5, 0.6) is 0 Å². The largest absolute Gasteiger partial charge is 0.503 e. The van der Waals surface area contributed by atoms with Crippen molar-refractivity contribution in [2.24, 2.45) is 5.41 Å². The van der Waals surface area contributed by atoms with Gasteiger partial charge in [-0.3, -0.25) is 14.6 Å². The summed E-state index contributed by atoms with van der Waals surface area (Å²) in [6.45, 7) is 5.35. The van der Waals surface area contributed by atoms with Crippen LogP contribution < -0.4 is 0 Å². The number of aliphatic hydroxyl groups is 1. The van der Waals surface area contributed by atoms with Crippen molar-refractivity contribution < 1.29 is 19.1 Å². The van der Waals surface area contributed by atoms with E-state index in [1.54, 1.807) is 39.2 Å². The molecule has 5 nitrogen and oxygen atoms in total. The lowest BCUT2D eigenvalue weighted by atomic mass is 9.82. The molecule has 0 aliphatic carbocycles. The summed E-state index contributed by atoms with van der Waals surface area (Å²) in [4.78, 5) is 31.2. The quantitative estimate of drug-likeness (QED) is 0.893. The molecular weight excluding hydrogens is 347 g/mol. The molecule has 1 unspecified atom stereocenters. The van der Waals surface area contributed by atoms with Crippen LogP contribution in [-0.4, -0.2) is 26.7 Å². The highest BCUT2D eigenvalue weighted by Gasteiger charge is 2.45. The van der Waals surface area contributed by atoms with Crippen LogP contribution in [0.1, 0.15) is 37.9 Å². The summed E-state index contributed by atoms with van der Waals surface area (Å²) in [5.41, 5.74) is 0.579. The van der Waals surface area contributed by atoms with Gasteiger partial charge < -0.3 is 10.0 Å². The van der Waals surface area contributed by atoms with E-state index in [2.05, 4.69) is 4.98 Å². The van der Waals surface area contributed by atoms with E-state index in [0.29, 0.717) is 5.56 Å². The van der Waals surface area contributed by atoms with Crippen LogP contribution in [0.25, 0.3) is 0 Å². The predicted octanol–water partition coefficient (Wildman–Crippen LogP) is 3.73. The minimum atomic E-state index is -0.787. The van der Waals surface area contributed by atoms with E-state index in [-0.39, 0.29) is 17.9 Å². The van der Waals surface area contributed by atoms with Gasteiger partial charge in [0.1, 0.15) is 5.82 Å². The first-order valence-electron chi connectivity index (χ1n) is 8.63. The zero-order valence-corrected chi connectivity index (χ0v) is 15.4. The third-order valence-electron chi connectivity index (χ3n) is 4.49. The van der Waals surface area contributed by atoms with E-state index in [9.17, 15) is 19.1 Å². The first-order valence-corrected chi connectivity index (χ1v) is 8.63. The fraction of sp³-hybridized carbons (Fsp3) is 0.286. The zero-order valence-electron chi connectivity index (χ0n) is 15.4. The molecule has 140 valence electrons. The van der Waals surface area contributed by atoms with Gasteiger partial charge in [0, 0.05) is 24.4 Å². The third kappa shape index (κ3) is 3.60. The number of ketones is 1. The maximum atomic E-state index is 13.4. The molecule has 6 heteroatoms. The van der Waals surface area contributed by atoms with Gasteiger partial charge in [-0.15, -0.1) is 0 Å². The molecule has 3 rings (SSSR count). The molecule has 0 saturated heterocycles. The van der Waals surface area contributed by atoms with Crippen molar-refractivity contribution in [3.8, 4) is 0 Å². The fourth-order valence-corrected chi connectivity index (χ4v) is 3.13. The second kappa shape index (κ2) is 6.95.